The third kappa shape index (κ3) is 2.50. The summed E-state index contributed by atoms with van der Waals surface area (Å²) < 4.78 is 13.6. The second-order valence-corrected chi connectivity index (χ2v) is 6.61. The summed E-state index contributed by atoms with van der Waals surface area (Å²) in [5, 5.41) is 0.785. The van der Waals surface area contributed by atoms with Gasteiger partial charge in [0.25, 0.3) is 0 Å². The number of nitrogens with one attached hydrogen (secondary N) is 1. The summed E-state index contributed by atoms with van der Waals surface area (Å²) in [6, 6.07) is 4.64. The van der Waals surface area contributed by atoms with Gasteiger partial charge in [-0.2, -0.15) is 0 Å². The number of amides is 1. The average molecular weight is 303 g/mol. The number of H-pyrrole nitrogens is 1. The lowest BCUT2D eigenvalue weighted by atomic mass is 9.82. The van der Waals surface area contributed by atoms with Gasteiger partial charge in [0.05, 0.1) is 5.41 Å². The highest BCUT2D eigenvalue weighted by Gasteiger charge is 2.36. The standard InChI is InChI=1S/C17H22FN3O/c1-17(2,16(22)21-8-6-20(3)7-9-21)14-11-19-15-5-4-12(18)10-13(14)15/h4-5,10-11,19H,6-9H2,1-3H3. The molecule has 5 heteroatoms. The Morgan fingerprint density at radius 2 is 1.91 bits per heavy atom. The van der Waals surface area contributed by atoms with E-state index in [1.54, 1.807) is 6.07 Å². The Hall–Kier alpha value is -1.88. The van der Waals surface area contributed by atoms with Gasteiger partial charge >= 0.3 is 0 Å². The van der Waals surface area contributed by atoms with E-state index in [1.165, 1.54) is 12.1 Å². The number of aromatic amines is 1. The Balaban J connectivity index is 1.93. The number of nitrogens with zero attached hydrogens (tertiary/aromatic N) is 2. The molecule has 1 aromatic heterocycles. The lowest BCUT2D eigenvalue weighted by Crippen LogP contribution is -2.52. The molecule has 0 radical (unpaired) electrons. The molecular formula is C17H22FN3O. The molecule has 1 amide bonds. The van der Waals surface area contributed by atoms with Crippen molar-refractivity contribution in [3.63, 3.8) is 0 Å². The average Bonchev–Trinajstić information content (AvgIpc) is 2.91. The maximum absolute atomic E-state index is 13.6. The zero-order chi connectivity index (χ0) is 15.9. The SMILES string of the molecule is CN1CCN(C(=O)C(C)(C)c2c[nH]c3ccc(F)cc23)CC1. The van der Waals surface area contributed by atoms with Crippen LogP contribution in [-0.4, -0.2) is 53.9 Å². The zero-order valence-electron chi connectivity index (χ0n) is 13.3. The van der Waals surface area contributed by atoms with Gasteiger partial charge in [0.2, 0.25) is 5.91 Å². The number of rotatable bonds is 2. The number of likely N-dealkylation sites (N-methyl/N-ethyl adjacent to an activating group) is 1. The molecule has 1 aromatic carbocycles. The van der Waals surface area contributed by atoms with E-state index in [0.29, 0.717) is 0 Å². The van der Waals surface area contributed by atoms with Gasteiger partial charge < -0.3 is 14.8 Å². The van der Waals surface area contributed by atoms with E-state index in [-0.39, 0.29) is 11.7 Å². The van der Waals surface area contributed by atoms with Crippen molar-refractivity contribution in [1.82, 2.24) is 14.8 Å². The van der Waals surface area contributed by atoms with Crippen LogP contribution >= 0.6 is 0 Å². The van der Waals surface area contributed by atoms with Crippen LogP contribution in [0.2, 0.25) is 0 Å². The molecule has 1 aliphatic heterocycles. The van der Waals surface area contributed by atoms with Crippen molar-refractivity contribution in [3.8, 4) is 0 Å². The first kappa shape index (κ1) is 15.0. The van der Waals surface area contributed by atoms with Gasteiger partial charge in [-0.25, -0.2) is 4.39 Å². The highest BCUT2D eigenvalue weighted by atomic mass is 19.1. The Morgan fingerprint density at radius 3 is 2.59 bits per heavy atom. The van der Waals surface area contributed by atoms with E-state index in [1.807, 2.05) is 24.9 Å². The van der Waals surface area contributed by atoms with Crippen LogP contribution in [0, 0.1) is 5.82 Å². The minimum absolute atomic E-state index is 0.103. The van der Waals surface area contributed by atoms with E-state index in [2.05, 4.69) is 16.9 Å². The van der Waals surface area contributed by atoms with Gasteiger partial charge in [0, 0.05) is 43.3 Å². The predicted molar refractivity (Wildman–Crippen MR) is 85.4 cm³/mol. The minimum Gasteiger partial charge on any atom is -0.361 e. The predicted octanol–water partition coefficient (Wildman–Crippen LogP) is 2.36. The number of piperazine rings is 1. The molecule has 2 aromatic rings. The number of benzene rings is 1. The van der Waals surface area contributed by atoms with Gasteiger partial charge in [-0.1, -0.05) is 0 Å². The molecule has 2 heterocycles. The summed E-state index contributed by atoms with van der Waals surface area (Å²) in [5.41, 5.74) is 1.03. The summed E-state index contributed by atoms with van der Waals surface area (Å²) in [6.45, 7) is 7.11. The minimum atomic E-state index is -0.679. The van der Waals surface area contributed by atoms with E-state index in [0.717, 1.165) is 42.6 Å². The Kier molecular flexibility index (Phi) is 3.68. The molecule has 1 saturated heterocycles. The molecule has 0 unspecified atom stereocenters. The van der Waals surface area contributed by atoms with Gasteiger partial charge in [-0.15, -0.1) is 0 Å². The van der Waals surface area contributed by atoms with Crippen LogP contribution in [0.25, 0.3) is 10.9 Å². The van der Waals surface area contributed by atoms with Gasteiger partial charge in [-0.05, 0) is 44.7 Å². The van der Waals surface area contributed by atoms with Crippen molar-refractivity contribution in [2.45, 2.75) is 19.3 Å². The van der Waals surface area contributed by atoms with Crippen molar-refractivity contribution < 1.29 is 9.18 Å². The molecule has 1 fully saturated rings. The summed E-state index contributed by atoms with van der Waals surface area (Å²) in [6.07, 6.45) is 1.83. The fourth-order valence-corrected chi connectivity index (χ4v) is 3.13. The number of fused-ring (bicyclic) bond motifs is 1. The number of hydrogen-bond acceptors (Lipinski definition) is 2. The van der Waals surface area contributed by atoms with Crippen LogP contribution in [0.1, 0.15) is 19.4 Å². The number of aromatic nitrogens is 1. The monoisotopic (exact) mass is 303 g/mol. The second kappa shape index (κ2) is 5.39. The fraction of sp³-hybridized carbons (Fsp3) is 0.471. The molecule has 118 valence electrons. The largest absolute Gasteiger partial charge is 0.361 e. The summed E-state index contributed by atoms with van der Waals surface area (Å²) in [5.74, 6) is -0.179. The van der Waals surface area contributed by atoms with Crippen molar-refractivity contribution in [1.29, 1.82) is 0 Å². The molecule has 0 bridgehead atoms. The van der Waals surface area contributed by atoms with Crippen LogP contribution in [0.15, 0.2) is 24.4 Å². The zero-order valence-corrected chi connectivity index (χ0v) is 13.3. The molecule has 4 nitrogen and oxygen atoms in total. The van der Waals surface area contributed by atoms with Crippen molar-refractivity contribution >= 4 is 16.8 Å². The highest BCUT2D eigenvalue weighted by Crippen LogP contribution is 2.32. The molecule has 1 N–H and O–H groups in total. The lowest BCUT2D eigenvalue weighted by Gasteiger charge is -2.37. The Morgan fingerprint density at radius 1 is 1.23 bits per heavy atom. The maximum Gasteiger partial charge on any atom is 0.232 e. The van der Waals surface area contributed by atoms with Gasteiger partial charge in [0.1, 0.15) is 5.82 Å². The number of hydrogen-bond donors (Lipinski definition) is 1. The fourth-order valence-electron chi connectivity index (χ4n) is 3.13. The van der Waals surface area contributed by atoms with Crippen LogP contribution in [0.4, 0.5) is 4.39 Å². The van der Waals surface area contributed by atoms with Crippen LogP contribution in [0.5, 0.6) is 0 Å². The Bertz CT molecular complexity index is 699. The molecule has 0 atom stereocenters. The Labute approximate surface area is 129 Å². The molecule has 0 spiro atoms. The normalized spacial score (nSPS) is 17.2. The third-order valence-electron chi connectivity index (χ3n) is 4.64. The summed E-state index contributed by atoms with van der Waals surface area (Å²) >= 11 is 0. The number of carbonyl (C=O) groups excluding carboxylic acids is 1. The first-order valence-electron chi connectivity index (χ1n) is 7.64. The summed E-state index contributed by atoms with van der Waals surface area (Å²) in [4.78, 5) is 20.2. The van der Waals surface area contributed by atoms with Crippen molar-refractivity contribution in [3.05, 3.63) is 35.8 Å². The molecule has 3 rings (SSSR count). The molecule has 1 aliphatic rings. The second-order valence-electron chi connectivity index (χ2n) is 6.61. The van der Waals surface area contributed by atoms with Crippen LogP contribution in [-0.2, 0) is 10.2 Å². The van der Waals surface area contributed by atoms with E-state index >= 15 is 0 Å². The van der Waals surface area contributed by atoms with Gasteiger partial charge in [-0.3, -0.25) is 4.79 Å². The molecule has 0 saturated carbocycles. The van der Waals surface area contributed by atoms with Crippen LogP contribution in [0.3, 0.4) is 0 Å². The quantitative estimate of drug-likeness (QED) is 0.925. The van der Waals surface area contributed by atoms with E-state index < -0.39 is 5.41 Å². The first-order valence-corrected chi connectivity index (χ1v) is 7.64. The van der Waals surface area contributed by atoms with Gasteiger partial charge in [0.15, 0.2) is 0 Å². The molecule has 0 aliphatic carbocycles. The van der Waals surface area contributed by atoms with Crippen molar-refractivity contribution in [2.24, 2.45) is 0 Å². The maximum atomic E-state index is 13.6. The molecular weight excluding hydrogens is 281 g/mol. The first-order chi connectivity index (χ1) is 10.4. The van der Waals surface area contributed by atoms with E-state index in [4.69, 9.17) is 0 Å². The van der Waals surface area contributed by atoms with Crippen LogP contribution < -0.4 is 0 Å². The smallest absolute Gasteiger partial charge is 0.232 e. The number of halogens is 1. The highest BCUT2D eigenvalue weighted by molar-refractivity contribution is 5.94. The number of carbonyl (C=O) groups is 1. The van der Waals surface area contributed by atoms with Crippen molar-refractivity contribution in [2.75, 3.05) is 33.2 Å². The lowest BCUT2D eigenvalue weighted by molar-refractivity contribution is -0.137. The third-order valence-corrected chi connectivity index (χ3v) is 4.64. The molecule has 22 heavy (non-hydrogen) atoms. The van der Waals surface area contributed by atoms with E-state index in [9.17, 15) is 9.18 Å². The summed E-state index contributed by atoms with van der Waals surface area (Å²) in [7, 11) is 2.06. The topological polar surface area (TPSA) is 39.3 Å².